The SMILES string of the molecule is CC#CCC(N)COc1cccc(Cl)c1. The summed E-state index contributed by atoms with van der Waals surface area (Å²) < 4.78 is 5.47. The lowest BCUT2D eigenvalue weighted by Crippen LogP contribution is -2.27. The summed E-state index contributed by atoms with van der Waals surface area (Å²) in [5.74, 6) is 6.45. The number of benzene rings is 1. The first kappa shape index (κ1) is 11.9. The highest BCUT2D eigenvalue weighted by atomic mass is 35.5. The van der Waals surface area contributed by atoms with Crippen molar-refractivity contribution in [2.75, 3.05) is 6.61 Å². The predicted molar refractivity (Wildman–Crippen MR) is 63.0 cm³/mol. The fraction of sp³-hybridized carbons (Fsp3) is 0.333. The predicted octanol–water partition coefficient (Wildman–Crippen LogP) is 2.46. The monoisotopic (exact) mass is 223 g/mol. The number of hydrogen-bond acceptors (Lipinski definition) is 2. The molecule has 0 aliphatic carbocycles. The van der Waals surface area contributed by atoms with Crippen LogP contribution in [0.15, 0.2) is 24.3 Å². The average molecular weight is 224 g/mol. The summed E-state index contributed by atoms with van der Waals surface area (Å²) in [7, 11) is 0. The molecule has 2 nitrogen and oxygen atoms in total. The maximum absolute atomic E-state index is 5.81. The van der Waals surface area contributed by atoms with Crippen molar-refractivity contribution in [2.24, 2.45) is 5.73 Å². The molecule has 0 heterocycles. The second-order valence-electron chi connectivity index (χ2n) is 3.16. The molecule has 1 rings (SSSR count). The Morgan fingerprint density at radius 3 is 3.00 bits per heavy atom. The summed E-state index contributed by atoms with van der Waals surface area (Å²) >= 11 is 5.81. The molecule has 0 fully saturated rings. The Labute approximate surface area is 95.4 Å². The first-order chi connectivity index (χ1) is 7.22. The molecule has 0 aliphatic rings. The van der Waals surface area contributed by atoms with Gasteiger partial charge in [-0.3, -0.25) is 0 Å². The Morgan fingerprint density at radius 1 is 1.53 bits per heavy atom. The summed E-state index contributed by atoms with van der Waals surface area (Å²) in [5, 5.41) is 0.662. The van der Waals surface area contributed by atoms with Gasteiger partial charge in [-0.15, -0.1) is 11.8 Å². The van der Waals surface area contributed by atoms with Gasteiger partial charge in [-0.2, -0.15) is 0 Å². The van der Waals surface area contributed by atoms with E-state index in [1.807, 2.05) is 12.1 Å². The molecule has 1 aromatic rings. The maximum atomic E-state index is 5.81. The van der Waals surface area contributed by atoms with Crippen LogP contribution in [0.25, 0.3) is 0 Å². The van der Waals surface area contributed by atoms with E-state index in [1.54, 1.807) is 19.1 Å². The van der Waals surface area contributed by atoms with Crippen molar-refractivity contribution in [3.05, 3.63) is 29.3 Å². The van der Waals surface area contributed by atoms with Gasteiger partial charge in [0, 0.05) is 17.5 Å². The van der Waals surface area contributed by atoms with Gasteiger partial charge in [-0.25, -0.2) is 0 Å². The van der Waals surface area contributed by atoms with E-state index in [4.69, 9.17) is 22.1 Å². The molecule has 0 spiro atoms. The molecule has 0 aliphatic heterocycles. The molecule has 0 amide bonds. The fourth-order valence-electron chi connectivity index (χ4n) is 1.05. The number of hydrogen-bond donors (Lipinski definition) is 1. The van der Waals surface area contributed by atoms with Gasteiger partial charge in [-0.05, 0) is 25.1 Å². The largest absolute Gasteiger partial charge is 0.492 e. The number of nitrogens with two attached hydrogens (primary N) is 1. The van der Waals surface area contributed by atoms with Gasteiger partial charge >= 0.3 is 0 Å². The number of ether oxygens (including phenoxy) is 1. The van der Waals surface area contributed by atoms with Gasteiger partial charge in [0.2, 0.25) is 0 Å². The molecule has 0 radical (unpaired) electrons. The zero-order valence-electron chi connectivity index (χ0n) is 8.66. The smallest absolute Gasteiger partial charge is 0.120 e. The van der Waals surface area contributed by atoms with E-state index in [0.29, 0.717) is 18.1 Å². The Balaban J connectivity index is 2.38. The summed E-state index contributed by atoms with van der Waals surface area (Å²) in [6.45, 7) is 2.25. The Hall–Kier alpha value is -1.17. The summed E-state index contributed by atoms with van der Waals surface area (Å²) in [5.41, 5.74) is 5.79. The minimum absolute atomic E-state index is 0.0589. The van der Waals surface area contributed by atoms with E-state index in [0.717, 1.165) is 5.75 Å². The van der Waals surface area contributed by atoms with E-state index in [-0.39, 0.29) is 6.04 Å². The van der Waals surface area contributed by atoms with Gasteiger partial charge < -0.3 is 10.5 Å². The van der Waals surface area contributed by atoms with Crippen LogP contribution in [0.4, 0.5) is 0 Å². The van der Waals surface area contributed by atoms with Crippen LogP contribution in [0.2, 0.25) is 5.02 Å². The van der Waals surface area contributed by atoms with Crippen LogP contribution in [0.1, 0.15) is 13.3 Å². The highest BCUT2D eigenvalue weighted by molar-refractivity contribution is 6.30. The quantitative estimate of drug-likeness (QED) is 0.796. The van der Waals surface area contributed by atoms with Crippen molar-refractivity contribution in [1.29, 1.82) is 0 Å². The lowest BCUT2D eigenvalue weighted by atomic mass is 10.2. The molecule has 80 valence electrons. The second-order valence-corrected chi connectivity index (χ2v) is 3.60. The normalized spacial score (nSPS) is 11.4. The summed E-state index contributed by atoms with van der Waals surface area (Å²) in [6.07, 6.45) is 0.650. The van der Waals surface area contributed by atoms with E-state index in [2.05, 4.69) is 11.8 Å². The standard InChI is InChI=1S/C12H14ClNO/c1-2-3-6-11(14)9-15-12-7-4-5-10(13)8-12/h4-5,7-8,11H,6,9,14H2,1H3. The minimum atomic E-state index is -0.0589. The Bertz CT molecular complexity index is 367. The number of halogens is 1. The van der Waals surface area contributed by atoms with Crippen molar-refractivity contribution >= 4 is 11.6 Å². The van der Waals surface area contributed by atoms with E-state index in [1.165, 1.54) is 0 Å². The zero-order chi connectivity index (χ0) is 11.1. The van der Waals surface area contributed by atoms with Crippen LogP contribution in [0.5, 0.6) is 5.75 Å². The van der Waals surface area contributed by atoms with Crippen LogP contribution in [0.3, 0.4) is 0 Å². The second kappa shape index (κ2) is 6.34. The van der Waals surface area contributed by atoms with Gasteiger partial charge in [0.15, 0.2) is 0 Å². The topological polar surface area (TPSA) is 35.2 Å². The lowest BCUT2D eigenvalue weighted by molar-refractivity contribution is 0.290. The van der Waals surface area contributed by atoms with E-state index < -0.39 is 0 Å². The third kappa shape index (κ3) is 4.73. The van der Waals surface area contributed by atoms with Crippen molar-refractivity contribution in [2.45, 2.75) is 19.4 Å². The molecule has 0 aromatic heterocycles. The highest BCUT2D eigenvalue weighted by Crippen LogP contribution is 2.17. The molecule has 1 aromatic carbocycles. The summed E-state index contributed by atoms with van der Waals surface area (Å²) in [6, 6.07) is 7.20. The van der Waals surface area contributed by atoms with Crippen molar-refractivity contribution in [3.63, 3.8) is 0 Å². The maximum Gasteiger partial charge on any atom is 0.120 e. The van der Waals surface area contributed by atoms with Crippen LogP contribution in [-0.2, 0) is 0 Å². The third-order valence-corrected chi connectivity index (χ3v) is 2.04. The van der Waals surface area contributed by atoms with Crippen molar-refractivity contribution in [1.82, 2.24) is 0 Å². The van der Waals surface area contributed by atoms with Gasteiger partial charge in [0.25, 0.3) is 0 Å². The molecule has 0 bridgehead atoms. The zero-order valence-corrected chi connectivity index (χ0v) is 9.42. The van der Waals surface area contributed by atoms with Crippen LogP contribution in [-0.4, -0.2) is 12.6 Å². The molecule has 2 N–H and O–H groups in total. The molecule has 1 atom stereocenters. The minimum Gasteiger partial charge on any atom is -0.492 e. The highest BCUT2D eigenvalue weighted by Gasteiger charge is 2.01. The molecule has 15 heavy (non-hydrogen) atoms. The van der Waals surface area contributed by atoms with E-state index >= 15 is 0 Å². The molecule has 1 unspecified atom stereocenters. The molecular formula is C12H14ClNO. The van der Waals surface area contributed by atoms with E-state index in [9.17, 15) is 0 Å². The van der Waals surface area contributed by atoms with Crippen molar-refractivity contribution in [3.8, 4) is 17.6 Å². The van der Waals surface area contributed by atoms with Crippen LogP contribution in [0, 0.1) is 11.8 Å². The Kier molecular flexibility index (Phi) is 5.03. The third-order valence-electron chi connectivity index (χ3n) is 1.80. The Morgan fingerprint density at radius 2 is 2.33 bits per heavy atom. The average Bonchev–Trinajstić information content (AvgIpc) is 2.23. The van der Waals surface area contributed by atoms with Crippen LogP contribution >= 0.6 is 11.6 Å². The molecular weight excluding hydrogens is 210 g/mol. The molecule has 0 saturated heterocycles. The number of rotatable bonds is 4. The van der Waals surface area contributed by atoms with Crippen LogP contribution < -0.4 is 10.5 Å². The first-order valence-electron chi connectivity index (χ1n) is 4.76. The molecule has 3 heteroatoms. The van der Waals surface area contributed by atoms with Gasteiger partial charge in [0.1, 0.15) is 12.4 Å². The van der Waals surface area contributed by atoms with Gasteiger partial charge in [-0.1, -0.05) is 17.7 Å². The fourth-order valence-corrected chi connectivity index (χ4v) is 1.23. The first-order valence-corrected chi connectivity index (χ1v) is 5.13. The molecule has 0 saturated carbocycles. The lowest BCUT2D eigenvalue weighted by Gasteiger charge is -2.10. The summed E-state index contributed by atoms with van der Waals surface area (Å²) in [4.78, 5) is 0. The van der Waals surface area contributed by atoms with Gasteiger partial charge in [0.05, 0.1) is 0 Å². The van der Waals surface area contributed by atoms with Crippen molar-refractivity contribution < 1.29 is 4.74 Å².